The molecule has 8 heteroatoms. The van der Waals surface area contributed by atoms with Crippen LogP contribution in [0.15, 0.2) is 18.2 Å². The van der Waals surface area contributed by atoms with Gasteiger partial charge in [0, 0.05) is 35.8 Å². The second-order valence-corrected chi connectivity index (χ2v) is 6.88. The highest BCUT2D eigenvalue weighted by Crippen LogP contribution is 2.24. The number of hydrogen-bond acceptors (Lipinski definition) is 4. The number of hydrogen-bond donors (Lipinski definition) is 2. The molecule has 1 aliphatic rings. The van der Waals surface area contributed by atoms with Gasteiger partial charge in [-0.15, -0.1) is 0 Å². The van der Waals surface area contributed by atoms with Crippen LogP contribution in [-0.4, -0.2) is 60.8 Å². The fourth-order valence-electron chi connectivity index (χ4n) is 2.88. The molecule has 0 aromatic heterocycles. The second-order valence-electron chi connectivity index (χ2n) is 6.00. The number of ether oxygens (including phenoxy) is 1. The Morgan fingerprint density at radius 2 is 2.04 bits per heavy atom. The normalized spacial score (nSPS) is 18.2. The van der Waals surface area contributed by atoms with Crippen LogP contribution in [0, 0.1) is 0 Å². The van der Waals surface area contributed by atoms with E-state index >= 15 is 0 Å². The molecule has 0 bridgehead atoms. The first kappa shape index (κ1) is 20.0. The number of halogens is 2. The van der Waals surface area contributed by atoms with Gasteiger partial charge in [0.05, 0.1) is 12.7 Å². The van der Waals surface area contributed by atoms with Crippen LogP contribution < -0.4 is 5.32 Å². The van der Waals surface area contributed by atoms with Gasteiger partial charge >= 0.3 is 0 Å². The number of benzene rings is 1. The lowest BCUT2D eigenvalue weighted by Gasteiger charge is -2.24. The highest BCUT2D eigenvalue weighted by molar-refractivity contribution is 6.35. The van der Waals surface area contributed by atoms with Crippen molar-refractivity contribution in [2.45, 2.75) is 31.4 Å². The van der Waals surface area contributed by atoms with Crippen molar-refractivity contribution in [3.63, 3.8) is 0 Å². The molecule has 1 aliphatic heterocycles. The van der Waals surface area contributed by atoms with Gasteiger partial charge in [-0.1, -0.05) is 23.2 Å². The summed E-state index contributed by atoms with van der Waals surface area (Å²) >= 11 is 11.9. The number of aliphatic hydroxyl groups excluding tert-OH is 1. The Morgan fingerprint density at radius 1 is 1.36 bits per heavy atom. The molecule has 0 spiro atoms. The second kappa shape index (κ2) is 9.38. The van der Waals surface area contributed by atoms with Crippen LogP contribution in [0.5, 0.6) is 0 Å². The minimum absolute atomic E-state index is 0.219. The van der Waals surface area contributed by atoms with Gasteiger partial charge in [0.25, 0.3) is 5.91 Å². The lowest BCUT2D eigenvalue weighted by atomic mass is 10.1. The summed E-state index contributed by atoms with van der Waals surface area (Å²) in [6.45, 7) is 1.05. The van der Waals surface area contributed by atoms with Gasteiger partial charge in [-0.2, -0.15) is 0 Å². The fourth-order valence-corrected chi connectivity index (χ4v) is 3.41. The average molecular weight is 389 g/mol. The molecule has 2 N–H and O–H groups in total. The summed E-state index contributed by atoms with van der Waals surface area (Å²) in [5.74, 6) is -0.481. The van der Waals surface area contributed by atoms with Gasteiger partial charge in [0.15, 0.2) is 0 Å². The van der Waals surface area contributed by atoms with Crippen LogP contribution in [0.1, 0.15) is 29.6 Å². The molecule has 2 rings (SSSR count). The monoisotopic (exact) mass is 388 g/mol. The van der Waals surface area contributed by atoms with E-state index in [1.54, 1.807) is 23.1 Å². The third-order valence-corrected chi connectivity index (χ3v) is 4.50. The van der Waals surface area contributed by atoms with Crippen LogP contribution in [0.4, 0.5) is 0 Å². The fraction of sp³-hybridized carbons (Fsp3) is 0.529. The zero-order valence-electron chi connectivity index (χ0n) is 14.0. The summed E-state index contributed by atoms with van der Waals surface area (Å²) in [5, 5.41) is 13.1. The number of methoxy groups -OCH3 is 1. The molecular weight excluding hydrogens is 367 g/mol. The van der Waals surface area contributed by atoms with Crippen molar-refractivity contribution in [2.24, 2.45) is 0 Å². The Morgan fingerprint density at radius 3 is 2.68 bits per heavy atom. The van der Waals surface area contributed by atoms with E-state index in [4.69, 9.17) is 27.9 Å². The van der Waals surface area contributed by atoms with Crippen molar-refractivity contribution in [3.8, 4) is 0 Å². The summed E-state index contributed by atoms with van der Waals surface area (Å²) in [7, 11) is 1.51. The lowest BCUT2D eigenvalue weighted by molar-refractivity contribution is -0.124. The standard InChI is InChI=1S/C17H22Cl2N2O4/c1-25-10-14(22)4-5-20-16(23)15-3-2-6-21(15)17(24)11-7-12(18)9-13(19)8-11/h7-9,14-15,22H,2-6,10H2,1H3,(H,20,23)/t14-,15-/m0/s1. The Hall–Kier alpha value is -1.34. The lowest BCUT2D eigenvalue weighted by Crippen LogP contribution is -2.46. The van der Waals surface area contributed by atoms with Gasteiger partial charge < -0.3 is 20.1 Å². The van der Waals surface area contributed by atoms with Gasteiger partial charge in [0.2, 0.25) is 5.91 Å². The van der Waals surface area contributed by atoms with Crippen LogP contribution in [0.2, 0.25) is 10.0 Å². The van der Waals surface area contributed by atoms with E-state index in [-0.39, 0.29) is 18.4 Å². The van der Waals surface area contributed by atoms with Crippen molar-refractivity contribution in [1.29, 1.82) is 0 Å². The van der Waals surface area contributed by atoms with E-state index < -0.39 is 12.1 Å². The average Bonchev–Trinajstić information content (AvgIpc) is 3.03. The summed E-state index contributed by atoms with van der Waals surface area (Å²) in [4.78, 5) is 26.6. The number of carbonyl (C=O) groups excluding carboxylic acids is 2. The molecule has 2 amide bonds. The highest BCUT2D eigenvalue weighted by Gasteiger charge is 2.34. The maximum absolute atomic E-state index is 12.7. The van der Waals surface area contributed by atoms with E-state index in [0.717, 1.165) is 6.42 Å². The van der Waals surface area contributed by atoms with Crippen LogP contribution >= 0.6 is 23.2 Å². The molecule has 1 aromatic rings. The van der Waals surface area contributed by atoms with Crippen molar-refractivity contribution in [3.05, 3.63) is 33.8 Å². The zero-order chi connectivity index (χ0) is 18.4. The molecule has 1 saturated heterocycles. The largest absolute Gasteiger partial charge is 0.391 e. The minimum atomic E-state index is -0.625. The minimum Gasteiger partial charge on any atom is -0.391 e. The summed E-state index contributed by atoms with van der Waals surface area (Å²) in [6, 6.07) is 4.12. The van der Waals surface area contributed by atoms with Crippen molar-refractivity contribution < 1.29 is 19.4 Å². The predicted octanol–water partition coefficient (Wildman–Crippen LogP) is 2.11. The van der Waals surface area contributed by atoms with E-state index in [0.29, 0.717) is 41.5 Å². The third kappa shape index (κ3) is 5.57. The molecule has 1 fully saturated rings. The Labute approximate surface area is 157 Å². The SMILES string of the molecule is COC[C@@H](O)CCNC(=O)[C@@H]1CCCN1C(=O)c1cc(Cl)cc(Cl)c1. The first-order valence-corrected chi connectivity index (χ1v) is 8.89. The van der Waals surface area contributed by atoms with Crippen LogP contribution in [0.25, 0.3) is 0 Å². The Balaban J connectivity index is 1.96. The van der Waals surface area contributed by atoms with Crippen molar-refractivity contribution >= 4 is 35.0 Å². The van der Waals surface area contributed by atoms with Crippen LogP contribution in [0.3, 0.4) is 0 Å². The third-order valence-electron chi connectivity index (χ3n) is 4.06. The van der Waals surface area contributed by atoms with E-state index in [1.165, 1.54) is 7.11 Å². The van der Waals surface area contributed by atoms with Gasteiger partial charge in [0.1, 0.15) is 6.04 Å². The number of rotatable bonds is 7. The van der Waals surface area contributed by atoms with Gasteiger partial charge in [-0.3, -0.25) is 9.59 Å². The predicted molar refractivity (Wildman–Crippen MR) is 96.0 cm³/mol. The molecule has 25 heavy (non-hydrogen) atoms. The number of nitrogens with zero attached hydrogens (tertiary/aromatic N) is 1. The first-order valence-electron chi connectivity index (χ1n) is 8.14. The zero-order valence-corrected chi connectivity index (χ0v) is 15.5. The first-order chi connectivity index (χ1) is 11.9. The Bertz CT molecular complexity index is 606. The van der Waals surface area contributed by atoms with Gasteiger partial charge in [-0.05, 0) is 37.5 Å². The van der Waals surface area contributed by atoms with Gasteiger partial charge in [-0.25, -0.2) is 0 Å². The van der Waals surface area contributed by atoms with E-state index in [9.17, 15) is 14.7 Å². The summed E-state index contributed by atoms with van der Waals surface area (Å²) in [5.41, 5.74) is 0.368. The molecule has 2 atom stereocenters. The number of likely N-dealkylation sites (tertiary alicyclic amines) is 1. The molecule has 0 saturated carbocycles. The molecule has 0 unspecified atom stereocenters. The molecule has 0 aliphatic carbocycles. The molecule has 1 heterocycles. The molecule has 6 nitrogen and oxygen atoms in total. The number of aliphatic hydroxyl groups is 1. The van der Waals surface area contributed by atoms with Crippen LogP contribution in [-0.2, 0) is 9.53 Å². The quantitative estimate of drug-likeness (QED) is 0.749. The number of nitrogens with one attached hydrogen (secondary N) is 1. The Kier molecular flexibility index (Phi) is 7.50. The summed E-state index contributed by atoms with van der Waals surface area (Å²) in [6.07, 6.45) is 1.13. The van der Waals surface area contributed by atoms with E-state index in [1.807, 2.05) is 0 Å². The maximum atomic E-state index is 12.7. The van der Waals surface area contributed by atoms with Crippen molar-refractivity contribution in [2.75, 3.05) is 26.8 Å². The smallest absolute Gasteiger partial charge is 0.254 e. The van der Waals surface area contributed by atoms with E-state index in [2.05, 4.69) is 5.32 Å². The number of amides is 2. The molecular formula is C17H22Cl2N2O4. The molecule has 0 radical (unpaired) electrons. The topological polar surface area (TPSA) is 78.9 Å². The summed E-state index contributed by atoms with van der Waals surface area (Å²) < 4.78 is 4.84. The maximum Gasteiger partial charge on any atom is 0.254 e. The highest BCUT2D eigenvalue weighted by atomic mass is 35.5. The molecule has 138 valence electrons. The van der Waals surface area contributed by atoms with Crippen molar-refractivity contribution in [1.82, 2.24) is 10.2 Å². The molecule has 1 aromatic carbocycles. The number of carbonyl (C=O) groups is 2.